The Morgan fingerprint density at radius 3 is 0.705 bits per heavy atom. The van der Waals surface area contributed by atoms with Gasteiger partial charge in [-0.1, -0.05) is 97.1 Å². The van der Waals surface area contributed by atoms with E-state index in [4.69, 9.17) is 20.4 Å². The van der Waals surface area contributed by atoms with Gasteiger partial charge in [0.05, 0.1) is 57.8 Å². The topological polar surface area (TPSA) is 61.4 Å². The molecule has 0 saturated carbocycles. The lowest BCUT2D eigenvalue weighted by atomic mass is 9.64. The summed E-state index contributed by atoms with van der Waals surface area (Å²) in [5, 5.41) is 20.4. The van der Waals surface area contributed by atoms with Crippen LogP contribution in [0.5, 0.6) is 0 Å². The lowest BCUT2D eigenvalue weighted by Crippen LogP contribution is -2.27. The highest BCUT2D eigenvalue weighted by molar-refractivity contribution is 5.66. The zero-order valence-corrected chi connectivity index (χ0v) is 23.5. The molecule has 0 unspecified atom stereocenters. The normalized spacial score (nSPS) is 20.7. The molecule has 2 aromatic heterocycles. The molecule has 0 spiro atoms. The summed E-state index contributed by atoms with van der Waals surface area (Å²) >= 11 is 0. The quantitative estimate of drug-likeness (QED) is 0.231. The van der Waals surface area contributed by atoms with Gasteiger partial charge in [-0.05, 0) is 68.8 Å². The summed E-state index contributed by atoms with van der Waals surface area (Å²) in [4.78, 5) is 3.61. The molecule has 4 bridgehead atoms. The van der Waals surface area contributed by atoms with Gasteiger partial charge in [0.15, 0.2) is 0 Å². The van der Waals surface area contributed by atoms with Gasteiger partial charge < -0.3 is 0 Å². The fourth-order valence-electron chi connectivity index (χ4n) is 8.43. The second-order valence-electron chi connectivity index (χ2n) is 12.3. The van der Waals surface area contributed by atoms with E-state index in [0.717, 1.165) is 34.2 Å². The van der Waals surface area contributed by atoms with Crippen molar-refractivity contribution in [3.05, 3.63) is 189 Å². The van der Waals surface area contributed by atoms with Crippen LogP contribution in [0, 0.1) is 0 Å². The van der Waals surface area contributed by atoms with Crippen LogP contribution in [0.25, 0.3) is 11.4 Å². The Bertz CT molecular complexity index is 1930. The minimum absolute atomic E-state index is 0.110. The van der Waals surface area contributed by atoms with E-state index in [1.54, 1.807) is 9.59 Å². The molecule has 6 aliphatic carbocycles. The standard InChI is InChI=1S/C38H24N6/c1-2-10-24-23(9-1)31-25-11-3-4-12-26(25)32(24)36-35(31)39-43(40-36)21-17-19-22(20-18-21)44-41-37-33-27-13-5-6-14-28(27)34(38(37)42-44)30-16-8-7-15-29(30)33/h1-20,31-34H. The Hall–Kier alpha value is -5.62. The first-order valence-corrected chi connectivity index (χ1v) is 15.2. The lowest BCUT2D eigenvalue weighted by molar-refractivity contribution is 0.722. The summed E-state index contributed by atoms with van der Waals surface area (Å²) in [6.45, 7) is 0. The van der Waals surface area contributed by atoms with Crippen molar-refractivity contribution in [2.45, 2.75) is 23.7 Å². The average molecular weight is 565 g/mol. The summed E-state index contributed by atoms with van der Waals surface area (Å²) in [5.41, 5.74) is 16.9. The predicted molar refractivity (Wildman–Crippen MR) is 166 cm³/mol. The molecular formula is C38H24N6. The molecule has 6 heteroatoms. The van der Waals surface area contributed by atoms with E-state index in [1.807, 2.05) is 0 Å². The molecule has 0 radical (unpaired) electrons. The zero-order valence-electron chi connectivity index (χ0n) is 23.5. The molecule has 2 heterocycles. The molecule has 6 aliphatic rings. The number of nitrogens with zero attached hydrogens (tertiary/aromatic N) is 6. The second kappa shape index (κ2) is 8.05. The number of benzene rings is 5. The van der Waals surface area contributed by atoms with Gasteiger partial charge in [0, 0.05) is 0 Å². The van der Waals surface area contributed by atoms with Crippen molar-refractivity contribution in [1.29, 1.82) is 0 Å². The van der Waals surface area contributed by atoms with Crippen molar-refractivity contribution in [3.8, 4) is 11.4 Å². The number of hydrogen-bond acceptors (Lipinski definition) is 4. The van der Waals surface area contributed by atoms with Crippen LogP contribution in [-0.4, -0.2) is 30.0 Å². The highest BCUT2D eigenvalue weighted by atomic mass is 15.5. The van der Waals surface area contributed by atoms with Crippen molar-refractivity contribution in [2.75, 3.05) is 0 Å². The number of aromatic nitrogens is 6. The maximum absolute atomic E-state index is 5.10. The first kappa shape index (κ1) is 22.9. The van der Waals surface area contributed by atoms with Crippen LogP contribution in [0.1, 0.15) is 91.0 Å². The van der Waals surface area contributed by atoms with Crippen LogP contribution in [-0.2, 0) is 0 Å². The first-order valence-electron chi connectivity index (χ1n) is 15.2. The fraction of sp³-hybridized carbons (Fsp3) is 0.105. The van der Waals surface area contributed by atoms with Crippen LogP contribution in [0.4, 0.5) is 0 Å². The van der Waals surface area contributed by atoms with Crippen molar-refractivity contribution >= 4 is 0 Å². The Morgan fingerprint density at radius 2 is 0.500 bits per heavy atom. The van der Waals surface area contributed by atoms with Gasteiger partial charge in [0.2, 0.25) is 0 Å². The van der Waals surface area contributed by atoms with Gasteiger partial charge in [-0.25, -0.2) is 0 Å². The van der Waals surface area contributed by atoms with Gasteiger partial charge in [-0.15, -0.1) is 0 Å². The summed E-state index contributed by atoms with van der Waals surface area (Å²) in [6, 6.07) is 43.4. The molecule has 7 aromatic rings. The summed E-state index contributed by atoms with van der Waals surface area (Å²) in [7, 11) is 0. The maximum Gasteiger partial charge on any atom is 0.0992 e. The van der Waals surface area contributed by atoms with E-state index in [2.05, 4.69) is 121 Å². The van der Waals surface area contributed by atoms with E-state index >= 15 is 0 Å². The van der Waals surface area contributed by atoms with Crippen molar-refractivity contribution in [3.63, 3.8) is 0 Å². The molecule has 0 amide bonds. The van der Waals surface area contributed by atoms with E-state index in [0.29, 0.717) is 0 Å². The zero-order chi connectivity index (χ0) is 28.5. The molecule has 13 rings (SSSR count). The van der Waals surface area contributed by atoms with E-state index in [1.165, 1.54) is 44.5 Å². The monoisotopic (exact) mass is 564 g/mol. The third kappa shape index (κ3) is 2.76. The third-order valence-electron chi connectivity index (χ3n) is 10.2. The molecule has 0 saturated heterocycles. The Kier molecular flexibility index (Phi) is 4.19. The number of rotatable bonds is 2. The van der Waals surface area contributed by atoms with Crippen LogP contribution in [0.2, 0.25) is 0 Å². The van der Waals surface area contributed by atoms with Crippen LogP contribution >= 0.6 is 0 Å². The predicted octanol–water partition coefficient (Wildman–Crippen LogP) is 6.82. The van der Waals surface area contributed by atoms with Crippen molar-refractivity contribution in [2.24, 2.45) is 0 Å². The first-order chi connectivity index (χ1) is 21.8. The molecule has 0 N–H and O–H groups in total. The molecule has 0 atom stereocenters. The molecule has 0 aliphatic heterocycles. The molecular weight excluding hydrogens is 540 g/mol. The van der Waals surface area contributed by atoms with Crippen LogP contribution < -0.4 is 0 Å². The van der Waals surface area contributed by atoms with E-state index < -0.39 is 0 Å². The summed E-state index contributed by atoms with van der Waals surface area (Å²) in [5.74, 6) is 0.439. The average Bonchev–Trinajstić information content (AvgIpc) is 3.74. The van der Waals surface area contributed by atoms with Crippen LogP contribution in [0.3, 0.4) is 0 Å². The van der Waals surface area contributed by atoms with Gasteiger partial charge in [-0.3, -0.25) is 0 Å². The van der Waals surface area contributed by atoms with E-state index in [9.17, 15) is 0 Å². The highest BCUT2D eigenvalue weighted by Gasteiger charge is 2.46. The lowest BCUT2D eigenvalue weighted by Gasteiger charge is -2.38. The Morgan fingerprint density at radius 1 is 0.295 bits per heavy atom. The Labute approximate surface area is 253 Å². The smallest absolute Gasteiger partial charge is 0.0992 e. The summed E-state index contributed by atoms with van der Waals surface area (Å²) in [6.07, 6.45) is 0. The summed E-state index contributed by atoms with van der Waals surface area (Å²) < 4.78 is 0. The highest BCUT2D eigenvalue weighted by Crippen LogP contribution is 2.55. The largest absolute Gasteiger partial charge is 0.152 e. The minimum atomic E-state index is 0.110. The number of hydrogen-bond donors (Lipinski definition) is 0. The molecule has 0 fully saturated rings. The molecule has 44 heavy (non-hydrogen) atoms. The van der Waals surface area contributed by atoms with Gasteiger partial charge >= 0.3 is 0 Å². The van der Waals surface area contributed by atoms with Gasteiger partial charge in [0.1, 0.15) is 0 Å². The van der Waals surface area contributed by atoms with Crippen molar-refractivity contribution in [1.82, 2.24) is 30.0 Å². The van der Waals surface area contributed by atoms with Crippen LogP contribution in [0.15, 0.2) is 121 Å². The second-order valence-corrected chi connectivity index (χ2v) is 12.3. The maximum atomic E-state index is 5.10. The van der Waals surface area contributed by atoms with Gasteiger partial charge in [-0.2, -0.15) is 30.0 Å². The SMILES string of the molecule is c1ccc2c(c1)C1c3ccccc3C2c2nn(-c3ccc(-n4nc5c(n4)C4c6ccccc6C5c5ccccc54)cc3)nc21. The minimum Gasteiger partial charge on any atom is -0.152 e. The Balaban J connectivity index is 0.984. The third-order valence-corrected chi connectivity index (χ3v) is 10.2. The molecule has 206 valence electrons. The fourth-order valence-corrected chi connectivity index (χ4v) is 8.43. The molecule has 6 nitrogen and oxygen atoms in total. The van der Waals surface area contributed by atoms with Gasteiger partial charge in [0.25, 0.3) is 0 Å². The molecule has 5 aromatic carbocycles. The van der Waals surface area contributed by atoms with Crippen molar-refractivity contribution < 1.29 is 0 Å². The van der Waals surface area contributed by atoms with E-state index in [-0.39, 0.29) is 23.7 Å².